The minimum absolute atomic E-state index is 0.0860. The van der Waals surface area contributed by atoms with Gasteiger partial charge >= 0.3 is 0 Å². The van der Waals surface area contributed by atoms with Crippen LogP contribution in [0.2, 0.25) is 0 Å². The first kappa shape index (κ1) is 11.3. The van der Waals surface area contributed by atoms with E-state index in [1.807, 2.05) is 20.8 Å². The molecule has 2 heteroatoms. The normalized spacial score (nSPS) is 17.2. The molecule has 0 amide bonds. The molecule has 0 heterocycles. The maximum absolute atomic E-state index is 13.1. The number of hydrogen-bond acceptors (Lipinski definition) is 1. The van der Waals surface area contributed by atoms with Gasteiger partial charge in [0, 0.05) is 11.5 Å². The van der Waals surface area contributed by atoms with Gasteiger partial charge in [-0.3, -0.25) is 4.79 Å². The van der Waals surface area contributed by atoms with Crippen molar-refractivity contribution in [3.8, 4) is 0 Å². The van der Waals surface area contributed by atoms with Crippen molar-refractivity contribution >= 4 is 5.78 Å². The first-order valence-corrected chi connectivity index (χ1v) is 5.81. The number of carbonyl (C=O) groups is 1. The van der Waals surface area contributed by atoms with Crippen LogP contribution in [0.25, 0.3) is 0 Å². The molecule has 1 aromatic carbocycles. The maximum atomic E-state index is 13.1. The highest BCUT2D eigenvalue weighted by molar-refractivity contribution is 6.00. The summed E-state index contributed by atoms with van der Waals surface area (Å²) in [6.45, 7) is 5.61. The van der Waals surface area contributed by atoms with E-state index < -0.39 is 0 Å². The van der Waals surface area contributed by atoms with Gasteiger partial charge < -0.3 is 0 Å². The van der Waals surface area contributed by atoms with E-state index in [0.29, 0.717) is 5.92 Å². The number of aryl methyl sites for hydroxylation is 2. The lowest BCUT2D eigenvalue weighted by Crippen LogP contribution is -2.16. The monoisotopic (exact) mass is 220 g/mol. The number of ketones is 1. The molecule has 0 N–H and O–H groups in total. The van der Waals surface area contributed by atoms with Crippen LogP contribution in [-0.4, -0.2) is 5.78 Å². The highest BCUT2D eigenvalue weighted by Gasteiger charge is 2.33. The second kappa shape index (κ2) is 4.00. The zero-order chi connectivity index (χ0) is 11.9. The summed E-state index contributed by atoms with van der Waals surface area (Å²) in [4.78, 5) is 12.3. The third-order valence-electron chi connectivity index (χ3n) is 3.49. The minimum Gasteiger partial charge on any atom is -0.294 e. The zero-order valence-electron chi connectivity index (χ0n) is 10.0. The lowest BCUT2D eigenvalue weighted by Gasteiger charge is -2.13. The Hall–Kier alpha value is -1.18. The summed E-state index contributed by atoms with van der Waals surface area (Å²) < 4.78 is 13.1. The van der Waals surface area contributed by atoms with Crippen LogP contribution in [0.5, 0.6) is 0 Å². The van der Waals surface area contributed by atoms with E-state index in [-0.39, 0.29) is 17.5 Å². The van der Waals surface area contributed by atoms with Gasteiger partial charge in [-0.15, -0.1) is 0 Å². The number of hydrogen-bond donors (Lipinski definition) is 0. The summed E-state index contributed by atoms with van der Waals surface area (Å²) >= 11 is 0. The fourth-order valence-corrected chi connectivity index (χ4v) is 2.34. The van der Waals surface area contributed by atoms with Gasteiger partial charge in [-0.25, -0.2) is 4.39 Å². The summed E-state index contributed by atoms with van der Waals surface area (Å²) in [6, 6.07) is 2.89. The summed E-state index contributed by atoms with van der Waals surface area (Å²) in [5, 5.41) is 0. The van der Waals surface area contributed by atoms with E-state index in [2.05, 4.69) is 0 Å². The molecule has 1 fully saturated rings. The number of carbonyl (C=O) groups excluding carboxylic acids is 1. The highest BCUT2D eigenvalue weighted by atomic mass is 19.1. The van der Waals surface area contributed by atoms with E-state index in [4.69, 9.17) is 0 Å². The van der Waals surface area contributed by atoms with Crippen LogP contribution in [0.1, 0.15) is 41.3 Å². The van der Waals surface area contributed by atoms with E-state index in [0.717, 1.165) is 29.5 Å². The molecule has 86 valence electrons. The fraction of sp³-hybridized carbons (Fsp3) is 0.500. The van der Waals surface area contributed by atoms with Gasteiger partial charge in [0.25, 0.3) is 0 Å². The molecular weight excluding hydrogens is 203 g/mol. The van der Waals surface area contributed by atoms with Gasteiger partial charge in [0.05, 0.1) is 0 Å². The van der Waals surface area contributed by atoms with Gasteiger partial charge in [0.1, 0.15) is 5.82 Å². The minimum atomic E-state index is -0.259. The fourth-order valence-electron chi connectivity index (χ4n) is 2.34. The highest BCUT2D eigenvalue weighted by Crippen LogP contribution is 2.38. The van der Waals surface area contributed by atoms with Crippen LogP contribution in [0.3, 0.4) is 0 Å². The third-order valence-corrected chi connectivity index (χ3v) is 3.49. The van der Waals surface area contributed by atoms with Crippen molar-refractivity contribution in [2.24, 2.45) is 11.8 Å². The number of halogens is 1. The summed E-state index contributed by atoms with van der Waals surface area (Å²) in [5.41, 5.74) is 2.24. The van der Waals surface area contributed by atoms with Gasteiger partial charge in [0.2, 0.25) is 0 Å². The second-order valence-electron chi connectivity index (χ2n) is 4.90. The van der Waals surface area contributed by atoms with Crippen LogP contribution in [0.4, 0.5) is 4.39 Å². The Morgan fingerprint density at radius 3 is 2.25 bits per heavy atom. The molecule has 1 aliphatic carbocycles. The second-order valence-corrected chi connectivity index (χ2v) is 4.90. The Bertz CT molecular complexity index is 409. The lowest BCUT2D eigenvalue weighted by atomic mass is 9.89. The number of rotatable bonds is 3. The van der Waals surface area contributed by atoms with Crippen LogP contribution >= 0.6 is 0 Å². The summed E-state index contributed by atoms with van der Waals surface area (Å²) in [6.07, 6.45) is 2.32. The average Bonchev–Trinajstić information content (AvgIpc) is 2.97. The molecule has 1 atom stereocenters. The van der Waals surface area contributed by atoms with Gasteiger partial charge in [-0.05, 0) is 55.9 Å². The molecule has 0 bridgehead atoms. The standard InChI is InChI=1S/C14H17FO/c1-8-6-12(15)7-9(2)13(8)14(16)10(3)11-4-5-11/h6-7,10-11H,4-5H2,1-3H3. The molecule has 2 rings (SSSR count). The first-order chi connectivity index (χ1) is 7.50. The average molecular weight is 220 g/mol. The lowest BCUT2D eigenvalue weighted by molar-refractivity contribution is 0.0915. The van der Waals surface area contributed by atoms with Gasteiger partial charge in [-0.2, -0.15) is 0 Å². The van der Waals surface area contributed by atoms with E-state index in [1.165, 1.54) is 12.1 Å². The van der Waals surface area contributed by atoms with Crippen LogP contribution in [-0.2, 0) is 0 Å². The Labute approximate surface area is 95.7 Å². The maximum Gasteiger partial charge on any atom is 0.166 e. The number of benzene rings is 1. The van der Waals surface area contributed by atoms with Crippen LogP contribution in [0.15, 0.2) is 12.1 Å². The van der Waals surface area contributed by atoms with Crippen molar-refractivity contribution in [1.82, 2.24) is 0 Å². The van der Waals surface area contributed by atoms with Crippen molar-refractivity contribution in [3.63, 3.8) is 0 Å². The van der Waals surface area contributed by atoms with Crippen LogP contribution < -0.4 is 0 Å². The molecule has 16 heavy (non-hydrogen) atoms. The number of Topliss-reactive ketones (excluding diaryl/α,β-unsaturated/α-hetero) is 1. The molecule has 1 saturated carbocycles. The van der Waals surface area contributed by atoms with Crippen molar-refractivity contribution in [2.75, 3.05) is 0 Å². The largest absolute Gasteiger partial charge is 0.294 e. The van der Waals surface area contributed by atoms with Gasteiger partial charge in [0.15, 0.2) is 5.78 Å². The molecule has 0 saturated heterocycles. The van der Waals surface area contributed by atoms with Crippen molar-refractivity contribution in [1.29, 1.82) is 0 Å². The first-order valence-electron chi connectivity index (χ1n) is 5.81. The predicted molar refractivity (Wildman–Crippen MR) is 62.1 cm³/mol. The zero-order valence-corrected chi connectivity index (χ0v) is 10.0. The van der Waals surface area contributed by atoms with Crippen molar-refractivity contribution < 1.29 is 9.18 Å². The molecule has 1 aliphatic rings. The molecule has 1 nitrogen and oxygen atoms in total. The quantitative estimate of drug-likeness (QED) is 0.710. The topological polar surface area (TPSA) is 17.1 Å². The molecule has 1 unspecified atom stereocenters. The Morgan fingerprint density at radius 1 is 1.31 bits per heavy atom. The molecule has 0 radical (unpaired) electrons. The van der Waals surface area contributed by atoms with Gasteiger partial charge in [-0.1, -0.05) is 6.92 Å². The molecular formula is C14H17FO. The molecule has 0 aliphatic heterocycles. The summed E-state index contributed by atoms with van der Waals surface area (Å²) in [5.74, 6) is 0.558. The van der Waals surface area contributed by atoms with E-state index in [1.54, 1.807) is 0 Å². The van der Waals surface area contributed by atoms with Crippen molar-refractivity contribution in [2.45, 2.75) is 33.6 Å². The van der Waals surface area contributed by atoms with E-state index >= 15 is 0 Å². The molecule has 0 aromatic heterocycles. The SMILES string of the molecule is Cc1cc(F)cc(C)c1C(=O)C(C)C1CC1. The Balaban J connectivity index is 2.35. The van der Waals surface area contributed by atoms with Crippen molar-refractivity contribution in [3.05, 3.63) is 34.6 Å². The predicted octanol–water partition coefficient (Wildman–Crippen LogP) is 3.67. The van der Waals surface area contributed by atoms with E-state index in [9.17, 15) is 9.18 Å². The third kappa shape index (κ3) is 2.01. The smallest absolute Gasteiger partial charge is 0.166 e. The van der Waals surface area contributed by atoms with Crippen LogP contribution in [0, 0.1) is 31.5 Å². The molecule has 1 aromatic rings. The Morgan fingerprint density at radius 2 is 1.81 bits per heavy atom. The summed E-state index contributed by atoms with van der Waals surface area (Å²) in [7, 11) is 0. The Kier molecular flexibility index (Phi) is 2.83. The molecule has 0 spiro atoms.